The SMILES string of the molecule is CCNC(CC)C(C)S(C)=O. The van der Waals surface area contributed by atoms with E-state index in [1.54, 1.807) is 6.26 Å². The molecule has 0 aromatic carbocycles. The van der Waals surface area contributed by atoms with Gasteiger partial charge in [-0.2, -0.15) is 0 Å². The molecule has 3 unspecified atom stereocenters. The molecule has 0 saturated carbocycles. The first kappa shape index (κ1) is 11.1. The molecule has 2 nitrogen and oxygen atoms in total. The highest BCUT2D eigenvalue weighted by molar-refractivity contribution is 7.84. The molecular weight excluding hydrogens is 158 g/mol. The molecule has 0 aliphatic heterocycles. The van der Waals surface area contributed by atoms with Gasteiger partial charge in [-0.1, -0.05) is 13.8 Å². The molecule has 0 aromatic heterocycles. The summed E-state index contributed by atoms with van der Waals surface area (Å²) in [4.78, 5) is 0. The fourth-order valence-electron chi connectivity index (χ4n) is 1.14. The zero-order chi connectivity index (χ0) is 8.85. The van der Waals surface area contributed by atoms with Gasteiger partial charge in [-0.15, -0.1) is 0 Å². The minimum Gasteiger partial charge on any atom is -0.313 e. The van der Waals surface area contributed by atoms with Gasteiger partial charge in [0.25, 0.3) is 0 Å². The van der Waals surface area contributed by atoms with Crippen LogP contribution in [0.25, 0.3) is 0 Å². The van der Waals surface area contributed by atoms with Gasteiger partial charge in [0.2, 0.25) is 0 Å². The van der Waals surface area contributed by atoms with Gasteiger partial charge < -0.3 is 5.32 Å². The Labute approximate surface area is 72.2 Å². The maximum absolute atomic E-state index is 11.1. The minimum atomic E-state index is -0.704. The third kappa shape index (κ3) is 3.87. The van der Waals surface area contributed by atoms with E-state index in [1.807, 2.05) is 6.92 Å². The van der Waals surface area contributed by atoms with E-state index in [2.05, 4.69) is 19.2 Å². The summed E-state index contributed by atoms with van der Waals surface area (Å²) in [6.45, 7) is 7.19. The van der Waals surface area contributed by atoms with Crippen molar-refractivity contribution in [1.82, 2.24) is 5.32 Å². The van der Waals surface area contributed by atoms with Crippen molar-refractivity contribution in [2.24, 2.45) is 0 Å². The predicted octanol–water partition coefficient (Wildman–Crippen LogP) is 1.14. The van der Waals surface area contributed by atoms with Crippen LogP contribution < -0.4 is 5.32 Å². The Morgan fingerprint density at radius 3 is 2.27 bits per heavy atom. The fraction of sp³-hybridized carbons (Fsp3) is 1.00. The van der Waals surface area contributed by atoms with Crippen molar-refractivity contribution in [3.8, 4) is 0 Å². The van der Waals surface area contributed by atoms with Crippen molar-refractivity contribution >= 4 is 10.8 Å². The second-order valence-electron chi connectivity index (χ2n) is 2.78. The van der Waals surface area contributed by atoms with Gasteiger partial charge in [-0.05, 0) is 19.9 Å². The number of hydrogen-bond acceptors (Lipinski definition) is 2. The lowest BCUT2D eigenvalue weighted by molar-refractivity contribution is 0.501. The minimum absolute atomic E-state index is 0.264. The average molecular weight is 177 g/mol. The van der Waals surface area contributed by atoms with E-state index >= 15 is 0 Å². The molecule has 0 bridgehead atoms. The summed E-state index contributed by atoms with van der Waals surface area (Å²) < 4.78 is 11.1. The van der Waals surface area contributed by atoms with E-state index in [4.69, 9.17) is 0 Å². The zero-order valence-electron chi connectivity index (χ0n) is 7.89. The Hall–Kier alpha value is 0.110. The molecule has 3 atom stereocenters. The van der Waals surface area contributed by atoms with Crippen LogP contribution >= 0.6 is 0 Å². The molecule has 0 aliphatic rings. The topological polar surface area (TPSA) is 29.1 Å². The van der Waals surface area contributed by atoms with E-state index in [9.17, 15) is 4.21 Å². The molecule has 0 aliphatic carbocycles. The number of nitrogens with one attached hydrogen (secondary N) is 1. The van der Waals surface area contributed by atoms with E-state index in [0.717, 1.165) is 13.0 Å². The van der Waals surface area contributed by atoms with Crippen LogP contribution in [0.4, 0.5) is 0 Å². The molecule has 68 valence electrons. The average Bonchev–Trinajstić information content (AvgIpc) is 1.98. The lowest BCUT2D eigenvalue weighted by Crippen LogP contribution is -2.39. The Bertz CT molecular complexity index is 127. The number of rotatable bonds is 5. The van der Waals surface area contributed by atoms with Crippen LogP contribution in [-0.2, 0) is 10.8 Å². The molecule has 0 heterocycles. The normalized spacial score (nSPS) is 19.3. The summed E-state index contributed by atoms with van der Waals surface area (Å²) in [6, 6.07) is 0.408. The zero-order valence-corrected chi connectivity index (χ0v) is 8.70. The first-order valence-corrected chi connectivity index (χ1v) is 5.81. The van der Waals surface area contributed by atoms with Crippen LogP contribution in [-0.4, -0.2) is 28.3 Å². The molecule has 0 rings (SSSR count). The van der Waals surface area contributed by atoms with E-state index < -0.39 is 10.8 Å². The summed E-state index contributed by atoms with van der Waals surface area (Å²) in [5, 5.41) is 3.58. The molecule has 0 spiro atoms. The third-order valence-electron chi connectivity index (χ3n) is 2.00. The largest absolute Gasteiger partial charge is 0.313 e. The Kier molecular flexibility index (Phi) is 5.78. The molecule has 0 amide bonds. The predicted molar refractivity (Wildman–Crippen MR) is 51.3 cm³/mol. The molecule has 0 radical (unpaired) electrons. The van der Waals surface area contributed by atoms with Crippen molar-refractivity contribution in [3.63, 3.8) is 0 Å². The third-order valence-corrected chi connectivity index (χ3v) is 3.37. The van der Waals surface area contributed by atoms with Crippen molar-refractivity contribution in [2.75, 3.05) is 12.8 Å². The maximum atomic E-state index is 11.1. The fourth-order valence-corrected chi connectivity index (χ4v) is 1.89. The van der Waals surface area contributed by atoms with Gasteiger partial charge in [-0.25, -0.2) is 0 Å². The molecule has 0 aromatic rings. The Morgan fingerprint density at radius 1 is 1.45 bits per heavy atom. The summed E-state index contributed by atoms with van der Waals surface area (Å²) in [7, 11) is -0.704. The quantitative estimate of drug-likeness (QED) is 0.682. The van der Waals surface area contributed by atoms with E-state index in [1.165, 1.54) is 0 Å². The summed E-state index contributed by atoms with van der Waals surface area (Å²) in [5.74, 6) is 0. The second-order valence-corrected chi connectivity index (χ2v) is 4.52. The van der Waals surface area contributed by atoms with Gasteiger partial charge in [-0.3, -0.25) is 4.21 Å². The summed E-state index contributed by atoms with van der Waals surface area (Å²) in [6.07, 6.45) is 2.82. The Morgan fingerprint density at radius 2 is 2.00 bits per heavy atom. The van der Waals surface area contributed by atoms with Gasteiger partial charge in [0, 0.05) is 28.3 Å². The molecule has 0 saturated heterocycles. The highest BCUT2D eigenvalue weighted by Crippen LogP contribution is 2.03. The van der Waals surface area contributed by atoms with Gasteiger partial charge in [0.05, 0.1) is 0 Å². The van der Waals surface area contributed by atoms with Gasteiger partial charge in [0.1, 0.15) is 0 Å². The lowest BCUT2D eigenvalue weighted by Gasteiger charge is -2.21. The van der Waals surface area contributed by atoms with Crippen molar-refractivity contribution in [1.29, 1.82) is 0 Å². The van der Waals surface area contributed by atoms with Crippen molar-refractivity contribution < 1.29 is 4.21 Å². The maximum Gasteiger partial charge on any atom is 0.0470 e. The van der Waals surface area contributed by atoms with Crippen LogP contribution in [0.5, 0.6) is 0 Å². The smallest absolute Gasteiger partial charge is 0.0470 e. The lowest BCUT2D eigenvalue weighted by atomic mass is 10.2. The molecular formula is C8H19NOS. The second kappa shape index (κ2) is 5.72. The summed E-state index contributed by atoms with van der Waals surface area (Å²) in [5.41, 5.74) is 0. The van der Waals surface area contributed by atoms with E-state index in [0.29, 0.717) is 6.04 Å². The molecule has 11 heavy (non-hydrogen) atoms. The van der Waals surface area contributed by atoms with Crippen LogP contribution in [0.2, 0.25) is 0 Å². The van der Waals surface area contributed by atoms with Crippen molar-refractivity contribution in [2.45, 2.75) is 38.5 Å². The standard InChI is InChI=1S/C8H19NOS/c1-5-8(9-6-2)7(3)11(4)10/h7-9H,5-6H2,1-4H3. The molecule has 1 N–H and O–H groups in total. The first-order chi connectivity index (χ1) is 5.13. The first-order valence-electron chi connectivity index (χ1n) is 4.19. The highest BCUT2D eigenvalue weighted by atomic mass is 32.2. The number of hydrogen-bond donors (Lipinski definition) is 1. The van der Waals surface area contributed by atoms with Crippen molar-refractivity contribution in [3.05, 3.63) is 0 Å². The molecule has 3 heteroatoms. The van der Waals surface area contributed by atoms with Crippen LogP contribution in [0.3, 0.4) is 0 Å². The van der Waals surface area contributed by atoms with Gasteiger partial charge >= 0.3 is 0 Å². The Balaban J connectivity index is 3.91. The van der Waals surface area contributed by atoms with Crippen LogP contribution in [0, 0.1) is 0 Å². The van der Waals surface area contributed by atoms with E-state index in [-0.39, 0.29) is 5.25 Å². The van der Waals surface area contributed by atoms with Crippen LogP contribution in [0.1, 0.15) is 27.2 Å². The monoisotopic (exact) mass is 177 g/mol. The van der Waals surface area contributed by atoms with Crippen LogP contribution in [0.15, 0.2) is 0 Å². The molecule has 0 fully saturated rings. The van der Waals surface area contributed by atoms with Gasteiger partial charge in [0.15, 0.2) is 0 Å². The summed E-state index contributed by atoms with van der Waals surface area (Å²) >= 11 is 0. The highest BCUT2D eigenvalue weighted by Gasteiger charge is 2.16.